The molecule has 0 heterocycles. The minimum atomic E-state index is -1.01. The number of ether oxygens (including phenoxy) is 1. The minimum Gasteiger partial charge on any atom is -0.383 e. The average molecular weight is 266 g/mol. The Morgan fingerprint density at radius 2 is 2.00 bits per heavy atom. The van der Waals surface area contributed by atoms with Crippen LogP contribution in [-0.2, 0) is 10.3 Å². The van der Waals surface area contributed by atoms with Crippen molar-refractivity contribution in [1.29, 1.82) is 0 Å². The first-order chi connectivity index (χ1) is 9.07. The number of nitrogens with two attached hydrogens (primary N) is 1. The lowest BCUT2D eigenvalue weighted by atomic mass is 9.93. The zero-order chi connectivity index (χ0) is 14.3. The van der Waals surface area contributed by atoms with Crippen molar-refractivity contribution < 1.29 is 9.84 Å². The maximum atomic E-state index is 10.8. The van der Waals surface area contributed by atoms with Crippen LogP contribution in [0.3, 0.4) is 0 Å². The number of hydrogen-bond donors (Lipinski definition) is 2. The van der Waals surface area contributed by atoms with Gasteiger partial charge in [-0.1, -0.05) is 37.3 Å². The van der Waals surface area contributed by atoms with Gasteiger partial charge in [-0.2, -0.15) is 0 Å². The van der Waals surface area contributed by atoms with Crippen LogP contribution in [0.5, 0.6) is 0 Å². The molecule has 0 saturated heterocycles. The second-order valence-corrected chi connectivity index (χ2v) is 4.97. The molecule has 2 atom stereocenters. The van der Waals surface area contributed by atoms with Gasteiger partial charge in [-0.25, -0.2) is 0 Å². The van der Waals surface area contributed by atoms with Crippen LogP contribution in [0.4, 0.5) is 0 Å². The summed E-state index contributed by atoms with van der Waals surface area (Å²) in [7, 11) is 1.69. The van der Waals surface area contributed by atoms with Crippen molar-refractivity contribution >= 4 is 0 Å². The first kappa shape index (κ1) is 16.1. The van der Waals surface area contributed by atoms with Crippen LogP contribution in [0.2, 0.25) is 0 Å². The topological polar surface area (TPSA) is 58.7 Å². The Kier molecular flexibility index (Phi) is 6.45. The summed E-state index contributed by atoms with van der Waals surface area (Å²) < 4.78 is 5.19. The van der Waals surface area contributed by atoms with Crippen LogP contribution in [-0.4, -0.2) is 49.4 Å². The third kappa shape index (κ3) is 4.28. The van der Waals surface area contributed by atoms with Gasteiger partial charge in [-0.15, -0.1) is 0 Å². The summed E-state index contributed by atoms with van der Waals surface area (Å²) in [5.41, 5.74) is 5.66. The largest absolute Gasteiger partial charge is 0.383 e. The van der Waals surface area contributed by atoms with Crippen molar-refractivity contribution in [3.8, 4) is 0 Å². The molecular weight excluding hydrogens is 240 g/mol. The van der Waals surface area contributed by atoms with Gasteiger partial charge in [0.05, 0.1) is 6.61 Å². The number of methoxy groups -OCH3 is 1. The van der Waals surface area contributed by atoms with E-state index in [1.165, 1.54) is 0 Å². The Bertz CT molecular complexity index is 358. The molecule has 108 valence electrons. The van der Waals surface area contributed by atoms with E-state index in [1.807, 2.05) is 30.3 Å². The lowest BCUT2D eigenvalue weighted by Crippen LogP contribution is -2.49. The van der Waals surface area contributed by atoms with Crippen LogP contribution in [0, 0.1) is 0 Å². The van der Waals surface area contributed by atoms with E-state index in [4.69, 9.17) is 10.5 Å². The Labute approximate surface area is 116 Å². The predicted octanol–water partition coefficient (Wildman–Crippen LogP) is 1.19. The lowest BCUT2D eigenvalue weighted by molar-refractivity contribution is -0.0132. The van der Waals surface area contributed by atoms with Crippen LogP contribution in [0.1, 0.15) is 19.4 Å². The molecule has 0 fully saturated rings. The highest BCUT2D eigenvalue weighted by atomic mass is 16.5. The zero-order valence-electron chi connectivity index (χ0n) is 12.2. The zero-order valence-corrected chi connectivity index (χ0v) is 12.2. The van der Waals surface area contributed by atoms with Gasteiger partial charge in [0.2, 0.25) is 0 Å². The summed E-state index contributed by atoms with van der Waals surface area (Å²) in [5, 5.41) is 10.8. The maximum Gasteiger partial charge on any atom is 0.114 e. The van der Waals surface area contributed by atoms with Gasteiger partial charge in [-0.3, -0.25) is 4.90 Å². The molecule has 2 unspecified atom stereocenters. The molecule has 0 radical (unpaired) electrons. The highest BCUT2D eigenvalue weighted by molar-refractivity contribution is 5.23. The molecular formula is C15H26N2O2. The smallest absolute Gasteiger partial charge is 0.114 e. The molecule has 0 amide bonds. The van der Waals surface area contributed by atoms with E-state index in [-0.39, 0.29) is 12.6 Å². The number of aliphatic hydroxyl groups is 1. The summed E-state index contributed by atoms with van der Waals surface area (Å²) >= 11 is 0. The molecule has 0 spiro atoms. The van der Waals surface area contributed by atoms with E-state index in [9.17, 15) is 5.11 Å². The van der Waals surface area contributed by atoms with E-state index in [0.29, 0.717) is 13.2 Å². The monoisotopic (exact) mass is 266 g/mol. The van der Waals surface area contributed by atoms with Crippen molar-refractivity contribution in [1.82, 2.24) is 4.90 Å². The lowest BCUT2D eigenvalue weighted by Gasteiger charge is -2.36. The molecule has 1 aromatic rings. The number of benzene rings is 1. The van der Waals surface area contributed by atoms with Gasteiger partial charge in [0.1, 0.15) is 5.60 Å². The first-order valence-electron chi connectivity index (χ1n) is 6.78. The van der Waals surface area contributed by atoms with Gasteiger partial charge in [0, 0.05) is 26.2 Å². The van der Waals surface area contributed by atoms with Crippen molar-refractivity contribution in [2.45, 2.75) is 25.5 Å². The summed E-state index contributed by atoms with van der Waals surface area (Å²) in [6.07, 6.45) is 0. The number of rotatable bonds is 8. The second-order valence-electron chi connectivity index (χ2n) is 4.97. The van der Waals surface area contributed by atoms with Gasteiger partial charge in [0.25, 0.3) is 0 Å². The van der Waals surface area contributed by atoms with Crippen LogP contribution in [0.15, 0.2) is 30.3 Å². The van der Waals surface area contributed by atoms with Crippen molar-refractivity contribution in [2.24, 2.45) is 5.73 Å². The van der Waals surface area contributed by atoms with E-state index < -0.39 is 5.60 Å². The molecule has 0 saturated carbocycles. The third-order valence-corrected chi connectivity index (χ3v) is 3.55. The Morgan fingerprint density at radius 3 is 2.47 bits per heavy atom. The molecule has 4 heteroatoms. The Hall–Kier alpha value is -0.940. The van der Waals surface area contributed by atoms with E-state index in [0.717, 1.165) is 12.1 Å². The first-order valence-corrected chi connectivity index (χ1v) is 6.78. The normalized spacial score (nSPS) is 16.3. The van der Waals surface area contributed by atoms with E-state index in [2.05, 4.69) is 18.7 Å². The molecule has 4 nitrogen and oxygen atoms in total. The van der Waals surface area contributed by atoms with Gasteiger partial charge in [-0.05, 0) is 19.0 Å². The standard InChI is InChI=1S/C15H26N2O2/c1-4-17(13(2)10-19-3)12-15(18,11-16)14-8-6-5-7-9-14/h5-9,13,18H,4,10-12,16H2,1-3H3. The Balaban J connectivity index is 2.85. The fraction of sp³-hybridized carbons (Fsp3) is 0.600. The highest BCUT2D eigenvalue weighted by Crippen LogP contribution is 2.22. The van der Waals surface area contributed by atoms with Crippen molar-refractivity contribution in [3.05, 3.63) is 35.9 Å². The quantitative estimate of drug-likeness (QED) is 0.742. The minimum absolute atomic E-state index is 0.202. The molecule has 0 bridgehead atoms. The van der Waals surface area contributed by atoms with Gasteiger partial charge in [0.15, 0.2) is 0 Å². The molecule has 1 rings (SSSR count). The van der Waals surface area contributed by atoms with Crippen molar-refractivity contribution in [3.63, 3.8) is 0 Å². The van der Waals surface area contributed by atoms with Crippen molar-refractivity contribution in [2.75, 3.05) is 33.4 Å². The SMILES string of the molecule is CCN(CC(O)(CN)c1ccccc1)C(C)COC. The fourth-order valence-electron chi connectivity index (χ4n) is 2.28. The van der Waals surface area contributed by atoms with Crippen LogP contribution in [0.25, 0.3) is 0 Å². The highest BCUT2D eigenvalue weighted by Gasteiger charge is 2.31. The number of hydrogen-bond acceptors (Lipinski definition) is 4. The van der Waals surface area contributed by atoms with Gasteiger partial charge >= 0.3 is 0 Å². The number of nitrogens with zero attached hydrogens (tertiary/aromatic N) is 1. The molecule has 0 aliphatic carbocycles. The third-order valence-electron chi connectivity index (χ3n) is 3.55. The molecule has 0 aliphatic heterocycles. The summed E-state index contributed by atoms with van der Waals surface area (Å²) in [4.78, 5) is 2.18. The summed E-state index contributed by atoms with van der Waals surface area (Å²) in [5.74, 6) is 0. The molecule has 1 aromatic carbocycles. The molecule has 0 aromatic heterocycles. The predicted molar refractivity (Wildman–Crippen MR) is 78.0 cm³/mol. The van der Waals surface area contributed by atoms with E-state index >= 15 is 0 Å². The molecule has 19 heavy (non-hydrogen) atoms. The Morgan fingerprint density at radius 1 is 1.37 bits per heavy atom. The van der Waals surface area contributed by atoms with E-state index in [1.54, 1.807) is 7.11 Å². The number of likely N-dealkylation sites (N-methyl/N-ethyl adjacent to an activating group) is 1. The summed E-state index contributed by atoms with van der Waals surface area (Å²) in [6, 6.07) is 9.86. The summed E-state index contributed by atoms with van der Waals surface area (Å²) in [6.45, 7) is 6.37. The fourth-order valence-corrected chi connectivity index (χ4v) is 2.28. The molecule has 3 N–H and O–H groups in total. The molecule has 0 aliphatic rings. The second kappa shape index (κ2) is 7.60. The van der Waals surface area contributed by atoms with Gasteiger partial charge < -0.3 is 15.6 Å². The van der Waals surface area contributed by atoms with Crippen LogP contribution >= 0.6 is 0 Å². The average Bonchev–Trinajstić information content (AvgIpc) is 2.45. The maximum absolute atomic E-state index is 10.8. The van der Waals surface area contributed by atoms with Crippen LogP contribution < -0.4 is 5.73 Å².